The lowest BCUT2D eigenvalue weighted by Gasteiger charge is -2.11. The van der Waals surface area contributed by atoms with Gasteiger partial charge in [0.05, 0.1) is 15.9 Å². The molecule has 19 heavy (non-hydrogen) atoms. The van der Waals surface area contributed by atoms with Crippen LogP contribution in [0.4, 0.5) is 0 Å². The van der Waals surface area contributed by atoms with Gasteiger partial charge in [-0.15, -0.1) is 0 Å². The highest BCUT2D eigenvalue weighted by Gasteiger charge is 2.22. The zero-order valence-corrected chi connectivity index (χ0v) is 10.9. The van der Waals surface area contributed by atoms with Crippen molar-refractivity contribution in [2.24, 2.45) is 0 Å². The largest absolute Gasteiger partial charge is 0.323 e. The van der Waals surface area contributed by atoms with Crippen molar-refractivity contribution in [1.82, 2.24) is 20.0 Å². The second-order valence-electron chi connectivity index (χ2n) is 4.60. The van der Waals surface area contributed by atoms with Gasteiger partial charge in [0.2, 0.25) is 10.0 Å². The Labute approximate surface area is 109 Å². The van der Waals surface area contributed by atoms with Crippen molar-refractivity contribution in [3.05, 3.63) is 28.7 Å². The predicted molar refractivity (Wildman–Crippen MR) is 70.5 cm³/mol. The Kier molecular flexibility index (Phi) is 2.92. The molecule has 8 heteroatoms. The molecular formula is C11H14N4O3S. The van der Waals surface area contributed by atoms with Crippen LogP contribution in [0.1, 0.15) is 6.42 Å². The molecule has 0 amide bonds. The lowest BCUT2D eigenvalue weighted by Crippen LogP contribution is -2.36. The summed E-state index contributed by atoms with van der Waals surface area (Å²) in [5.41, 5.74) is 0.724. The Morgan fingerprint density at radius 1 is 1.21 bits per heavy atom. The number of imidazole rings is 1. The number of hydrogen-bond acceptors (Lipinski definition) is 4. The van der Waals surface area contributed by atoms with E-state index in [1.165, 1.54) is 12.1 Å². The maximum absolute atomic E-state index is 12.2. The van der Waals surface area contributed by atoms with E-state index >= 15 is 0 Å². The van der Waals surface area contributed by atoms with Gasteiger partial charge < -0.3 is 15.3 Å². The normalized spacial score (nSPS) is 20.1. The number of sulfonamides is 1. The number of rotatable bonds is 3. The fraction of sp³-hybridized carbons (Fsp3) is 0.364. The SMILES string of the molecule is O=c1[nH]c2ccc(S(=O)(=O)N[C@@H]3CCNC3)cc2[nH]1. The van der Waals surface area contributed by atoms with Gasteiger partial charge in [0.15, 0.2) is 0 Å². The molecule has 2 aromatic rings. The van der Waals surface area contributed by atoms with Gasteiger partial charge in [-0.1, -0.05) is 0 Å². The molecule has 3 rings (SSSR count). The van der Waals surface area contributed by atoms with Crippen LogP contribution >= 0.6 is 0 Å². The molecule has 7 nitrogen and oxygen atoms in total. The van der Waals surface area contributed by atoms with Gasteiger partial charge in [-0.05, 0) is 31.2 Å². The topological polar surface area (TPSA) is 107 Å². The van der Waals surface area contributed by atoms with E-state index in [9.17, 15) is 13.2 Å². The average Bonchev–Trinajstić information content (AvgIpc) is 2.95. The molecule has 1 saturated heterocycles. The van der Waals surface area contributed by atoms with Crippen molar-refractivity contribution in [3.8, 4) is 0 Å². The van der Waals surface area contributed by atoms with Crippen molar-refractivity contribution in [1.29, 1.82) is 0 Å². The number of fused-ring (bicyclic) bond motifs is 1. The maximum Gasteiger partial charge on any atom is 0.323 e. The molecule has 2 heterocycles. The Morgan fingerprint density at radius 3 is 2.74 bits per heavy atom. The molecular weight excluding hydrogens is 268 g/mol. The summed E-state index contributed by atoms with van der Waals surface area (Å²) < 4.78 is 27.0. The van der Waals surface area contributed by atoms with E-state index in [0.29, 0.717) is 17.6 Å². The maximum atomic E-state index is 12.2. The van der Waals surface area contributed by atoms with Crippen LogP contribution in [0.3, 0.4) is 0 Å². The molecule has 102 valence electrons. The third-order valence-corrected chi connectivity index (χ3v) is 4.70. The van der Waals surface area contributed by atoms with Gasteiger partial charge in [0.1, 0.15) is 0 Å². The molecule has 1 aromatic heterocycles. The molecule has 1 aliphatic rings. The molecule has 0 saturated carbocycles. The number of benzene rings is 1. The summed E-state index contributed by atoms with van der Waals surface area (Å²) in [6, 6.07) is 4.44. The van der Waals surface area contributed by atoms with E-state index in [0.717, 1.165) is 13.0 Å². The Balaban J connectivity index is 1.95. The van der Waals surface area contributed by atoms with Crippen LogP contribution in [-0.4, -0.2) is 37.5 Å². The van der Waals surface area contributed by atoms with Crippen molar-refractivity contribution in [2.45, 2.75) is 17.4 Å². The number of hydrogen-bond donors (Lipinski definition) is 4. The minimum Gasteiger partial charge on any atom is -0.315 e. The first kappa shape index (κ1) is 12.4. The molecule has 4 N–H and O–H groups in total. The highest BCUT2D eigenvalue weighted by Crippen LogP contribution is 2.16. The molecule has 0 bridgehead atoms. The van der Waals surface area contributed by atoms with Crippen LogP contribution in [0.25, 0.3) is 11.0 Å². The zero-order valence-electron chi connectivity index (χ0n) is 10.1. The van der Waals surface area contributed by atoms with E-state index in [1.54, 1.807) is 6.07 Å². The number of nitrogens with one attached hydrogen (secondary N) is 4. The minimum absolute atomic E-state index is 0.0778. The third-order valence-electron chi connectivity index (χ3n) is 3.18. The van der Waals surface area contributed by atoms with Crippen molar-refractivity contribution in [3.63, 3.8) is 0 Å². The summed E-state index contributed by atoms with van der Waals surface area (Å²) in [4.78, 5) is 16.4. The monoisotopic (exact) mass is 282 g/mol. The van der Waals surface area contributed by atoms with Crippen LogP contribution in [0, 0.1) is 0 Å². The van der Waals surface area contributed by atoms with Crippen LogP contribution in [0.2, 0.25) is 0 Å². The Bertz CT molecular complexity index is 756. The first-order chi connectivity index (χ1) is 9.04. The van der Waals surface area contributed by atoms with E-state index < -0.39 is 10.0 Å². The van der Waals surface area contributed by atoms with Crippen molar-refractivity contribution >= 4 is 21.1 Å². The molecule has 0 unspecified atom stereocenters. The highest BCUT2D eigenvalue weighted by molar-refractivity contribution is 7.89. The highest BCUT2D eigenvalue weighted by atomic mass is 32.2. The fourth-order valence-electron chi connectivity index (χ4n) is 2.22. The first-order valence-corrected chi connectivity index (χ1v) is 7.48. The molecule has 1 aromatic carbocycles. The van der Waals surface area contributed by atoms with Gasteiger partial charge >= 0.3 is 5.69 Å². The van der Waals surface area contributed by atoms with Crippen LogP contribution in [0.15, 0.2) is 27.9 Å². The summed E-state index contributed by atoms with van der Waals surface area (Å²) in [5.74, 6) is 0. The van der Waals surface area contributed by atoms with Crippen molar-refractivity contribution < 1.29 is 8.42 Å². The molecule has 1 fully saturated rings. The van der Waals surface area contributed by atoms with Crippen LogP contribution in [0.5, 0.6) is 0 Å². The summed E-state index contributed by atoms with van der Waals surface area (Å²) in [6.45, 7) is 1.46. The molecule has 0 aliphatic carbocycles. The lowest BCUT2D eigenvalue weighted by molar-refractivity contribution is 0.560. The van der Waals surface area contributed by atoms with E-state index in [2.05, 4.69) is 20.0 Å². The third kappa shape index (κ3) is 2.42. The fourth-order valence-corrected chi connectivity index (χ4v) is 3.52. The summed E-state index contributed by atoms with van der Waals surface area (Å²) in [7, 11) is -3.55. The van der Waals surface area contributed by atoms with Gasteiger partial charge in [0.25, 0.3) is 0 Å². The number of H-pyrrole nitrogens is 2. The lowest BCUT2D eigenvalue weighted by atomic mass is 10.3. The molecule has 0 radical (unpaired) electrons. The summed E-state index contributed by atoms with van der Waals surface area (Å²) in [5, 5.41) is 3.10. The smallest absolute Gasteiger partial charge is 0.315 e. The second kappa shape index (κ2) is 4.48. The van der Waals surface area contributed by atoms with Gasteiger partial charge in [0, 0.05) is 12.6 Å². The Morgan fingerprint density at radius 2 is 2.00 bits per heavy atom. The van der Waals surface area contributed by atoms with Gasteiger partial charge in [-0.2, -0.15) is 0 Å². The van der Waals surface area contributed by atoms with E-state index in [1.807, 2.05) is 0 Å². The number of aromatic nitrogens is 2. The van der Waals surface area contributed by atoms with Gasteiger partial charge in [-0.3, -0.25) is 0 Å². The first-order valence-electron chi connectivity index (χ1n) is 6.00. The Hall–Kier alpha value is -1.64. The molecule has 1 aliphatic heterocycles. The summed E-state index contributed by atoms with van der Waals surface area (Å²) >= 11 is 0. The minimum atomic E-state index is -3.55. The second-order valence-corrected chi connectivity index (χ2v) is 6.31. The van der Waals surface area contributed by atoms with Crippen LogP contribution in [-0.2, 0) is 10.0 Å². The van der Waals surface area contributed by atoms with E-state index in [4.69, 9.17) is 0 Å². The average molecular weight is 282 g/mol. The van der Waals surface area contributed by atoms with Gasteiger partial charge in [-0.25, -0.2) is 17.9 Å². The molecule has 1 atom stereocenters. The summed E-state index contributed by atoms with van der Waals surface area (Å²) in [6.07, 6.45) is 0.780. The quantitative estimate of drug-likeness (QED) is 0.608. The predicted octanol–water partition coefficient (Wildman–Crippen LogP) is -0.504. The zero-order chi connectivity index (χ0) is 13.5. The van der Waals surface area contributed by atoms with Crippen LogP contribution < -0.4 is 15.7 Å². The number of aromatic amines is 2. The molecule has 0 spiro atoms. The van der Waals surface area contributed by atoms with E-state index in [-0.39, 0.29) is 16.6 Å². The van der Waals surface area contributed by atoms with Crippen molar-refractivity contribution in [2.75, 3.05) is 13.1 Å². The standard InChI is InChI=1S/C11H14N4O3S/c16-11-13-9-2-1-8(5-10(9)14-11)19(17,18)15-7-3-4-12-6-7/h1-2,5,7,12,15H,3-4,6H2,(H2,13,14,16)/t7-/m1/s1.